The van der Waals surface area contributed by atoms with E-state index in [0.717, 1.165) is 55.1 Å². The third-order valence-electron chi connectivity index (χ3n) is 7.67. The maximum atomic E-state index is 12.9. The fourth-order valence-electron chi connectivity index (χ4n) is 5.64. The van der Waals surface area contributed by atoms with Crippen LogP contribution >= 0.6 is 0 Å². The standard InChI is InChI=1S/C31H37N5O5S/c1-18-9-11-21(12-10-18)25-23-15-19(2)35-13-14-36(30-32-16-22(17-33-30)34(7)42(8,39)40)26(27(23)35)20(3)24(25)28(29(37)38)41-31(4,5)6/h9-12,15-17,28H,13-14H2,1-8H3,(H,37,38)/t28-/m0/s1. The minimum absolute atomic E-state index is 0.347. The van der Waals surface area contributed by atoms with Crippen LogP contribution in [-0.4, -0.2) is 59.5 Å². The molecule has 0 unspecified atom stereocenters. The molecule has 222 valence electrons. The number of rotatable bonds is 7. The second-order valence-corrected chi connectivity index (χ2v) is 13.9. The van der Waals surface area contributed by atoms with Gasteiger partial charge in [-0.3, -0.25) is 4.31 Å². The third-order valence-corrected chi connectivity index (χ3v) is 8.87. The van der Waals surface area contributed by atoms with Crippen molar-refractivity contribution in [1.82, 2.24) is 14.5 Å². The number of carboxylic acids is 1. The van der Waals surface area contributed by atoms with E-state index in [0.29, 0.717) is 30.3 Å². The van der Waals surface area contributed by atoms with Gasteiger partial charge >= 0.3 is 5.97 Å². The molecule has 0 fully saturated rings. The van der Waals surface area contributed by atoms with E-state index in [1.807, 2.05) is 63.8 Å². The number of carbonyl (C=O) groups is 1. The zero-order valence-corrected chi connectivity index (χ0v) is 26.1. The molecule has 2 aromatic carbocycles. The first-order chi connectivity index (χ1) is 19.6. The molecule has 0 saturated carbocycles. The zero-order chi connectivity index (χ0) is 30.7. The second kappa shape index (κ2) is 10.4. The van der Waals surface area contributed by atoms with Gasteiger partial charge in [-0.1, -0.05) is 29.8 Å². The van der Waals surface area contributed by atoms with Gasteiger partial charge in [-0.2, -0.15) is 0 Å². The van der Waals surface area contributed by atoms with Crippen LogP contribution in [0.15, 0.2) is 42.7 Å². The monoisotopic (exact) mass is 591 g/mol. The van der Waals surface area contributed by atoms with Gasteiger partial charge in [0.1, 0.15) is 0 Å². The van der Waals surface area contributed by atoms with Crippen molar-refractivity contribution in [3.63, 3.8) is 0 Å². The number of hydrogen-bond acceptors (Lipinski definition) is 7. The predicted octanol–water partition coefficient (Wildman–Crippen LogP) is 5.51. The van der Waals surface area contributed by atoms with E-state index < -0.39 is 27.7 Å². The van der Waals surface area contributed by atoms with E-state index in [1.54, 1.807) is 0 Å². The normalized spacial score (nSPS) is 14.3. The van der Waals surface area contributed by atoms with Crippen LogP contribution in [-0.2, 0) is 26.1 Å². The summed E-state index contributed by atoms with van der Waals surface area (Å²) in [6, 6.07) is 10.2. The van der Waals surface area contributed by atoms with Gasteiger partial charge in [0, 0.05) is 36.8 Å². The fraction of sp³-hybridized carbons (Fsp3) is 0.387. The van der Waals surface area contributed by atoms with E-state index in [-0.39, 0.29) is 0 Å². The van der Waals surface area contributed by atoms with Gasteiger partial charge in [0.25, 0.3) is 0 Å². The maximum Gasteiger partial charge on any atom is 0.337 e. The quantitative estimate of drug-likeness (QED) is 0.299. The summed E-state index contributed by atoms with van der Waals surface area (Å²) in [5, 5.41) is 11.5. The summed E-state index contributed by atoms with van der Waals surface area (Å²) in [4.78, 5) is 24.0. The SMILES string of the molecule is Cc1ccc(-c2c([C@H](OC(C)(C)C)C(=O)O)c(C)c3c4c2cc(C)n4CCN3c2ncc(N(C)S(C)(=O)=O)cn2)cc1. The van der Waals surface area contributed by atoms with Gasteiger partial charge in [0.2, 0.25) is 16.0 Å². The van der Waals surface area contributed by atoms with Crippen molar-refractivity contribution in [3.8, 4) is 11.1 Å². The molecule has 0 aliphatic carbocycles. The Bertz CT molecular complexity index is 1790. The number of aliphatic carboxylic acids is 1. The first kappa shape index (κ1) is 29.5. The van der Waals surface area contributed by atoms with E-state index >= 15 is 0 Å². The Morgan fingerprint density at radius 3 is 2.24 bits per heavy atom. The number of carboxylic acid groups (broad SMARTS) is 1. The Balaban J connectivity index is 1.82. The van der Waals surface area contributed by atoms with Gasteiger partial charge in [0.05, 0.1) is 41.1 Å². The first-order valence-electron chi connectivity index (χ1n) is 13.8. The molecule has 1 aliphatic heterocycles. The molecule has 2 aromatic heterocycles. The summed E-state index contributed by atoms with van der Waals surface area (Å²) in [6.45, 7) is 12.8. The minimum atomic E-state index is -3.48. The highest BCUT2D eigenvalue weighted by atomic mass is 32.2. The molecule has 1 N–H and O–H groups in total. The molecule has 3 heterocycles. The van der Waals surface area contributed by atoms with Crippen molar-refractivity contribution in [2.24, 2.45) is 0 Å². The van der Waals surface area contributed by atoms with Crippen molar-refractivity contribution in [1.29, 1.82) is 0 Å². The molecule has 5 rings (SSSR count). The van der Waals surface area contributed by atoms with Crippen molar-refractivity contribution < 1.29 is 23.1 Å². The Labute approximate surface area is 246 Å². The maximum absolute atomic E-state index is 12.9. The van der Waals surface area contributed by atoms with Gasteiger partial charge < -0.3 is 19.3 Å². The van der Waals surface area contributed by atoms with Crippen LogP contribution in [0.5, 0.6) is 0 Å². The Morgan fingerprint density at radius 1 is 1.07 bits per heavy atom. The van der Waals surface area contributed by atoms with Crippen molar-refractivity contribution in [3.05, 3.63) is 65.1 Å². The molecule has 1 aliphatic rings. The molecule has 1 atom stereocenters. The number of nitrogens with zero attached hydrogens (tertiary/aromatic N) is 5. The number of aromatic nitrogens is 3. The summed E-state index contributed by atoms with van der Waals surface area (Å²) in [6.07, 6.45) is 2.86. The topological polar surface area (TPSA) is 118 Å². The fourth-order valence-corrected chi connectivity index (χ4v) is 6.12. The summed E-state index contributed by atoms with van der Waals surface area (Å²) < 4.78 is 33.7. The van der Waals surface area contributed by atoms with Crippen LogP contribution in [0, 0.1) is 20.8 Å². The van der Waals surface area contributed by atoms with Gasteiger partial charge in [-0.25, -0.2) is 23.2 Å². The lowest BCUT2D eigenvalue weighted by Gasteiger charge is -2.35. The molecule has 10 nitrogen and oxygen atoms in total. The molecule has 4 aromatic rings. The largest absolute Gasteiger partial charge is 0.479 e. The molecule has 0 amide bonds. The number of benzene rings is 2. The van der Waals surface area contributed by atoms with Crippen LogP contribution in [0.25, 0.3) is 22.0 Å². The number of hydrogen-bond donors (Lipinski definition) is 1. The summed E-state index contributed by atoms with van der Waals surface area (Å²) >= 11 is 0. The molecular formula is C31H37N5O5S. The van der Waals surface area contributed by atoms with Crippen LogP contribution in [0.1, 0.15) is 49.3 Å². The number of anilines is 3. The Hall–Kier alpha value is -3.96. The molecule has 0 saturated heterocycles. The summed E-state index contributed by atoms with van der Waals surface area (Å²) in [5.41, 5.74) is 6.65. The molecule has 0 bridgehead atoms. The van der Waals surface area contributed by atoms with Crippen LogP contribution in [0.3, 0.4) is 0 Å². The predicted molar refractivity (Wildman–Crippen MR) is 165 cm³/mol. The average Bonchev–Trinajstić information content (AvgIpc) is 3.24. The summed E-state index contributed by atoms with van der Waals surface area (Å²) in [5.74, 6) is -0.677. The zero-order valence-electron chi connectivity index (χ0n) is 25.3. The third kappa shape index (κ3) is 5.22. The van der Waals surface area contributed by atoms with Crippen molar-refractivity contribution in [2.45, 2.75) is 59.8 Å². The van der Waals surface area contributed by atoms with E-state index in [4.69, 9.17) is 4.74 Å². The van der Waals surface area contributed by atoms with Gasteiger partial charge in [-0.15, -0.1) is 0 Å². The molecular weight excluding hydrogens is 554 g/mol. The lowest BCUT2D eigenvalue weighted by molar-refractivity contribution is -0.160. The molecule has 42 heavy (non-hydrogen) atoms. The summed E-state index contributed by atoms with van der Waals surface area (Å²) in [7, 11) is -2.02. The van der Waals surface area contributed by atoms with Crippen LogP contribution in [0.2, 0.25) is 0 Å². The lowest BCUT2D eigenvalue weighted by Crippen LogP contribution is -2.32. The highest BCUT2D eigenvalue weighted by Gasteiger charge is 2.36. The molecule has 0 radical (unpaired) electrons. The second-order valence-electron chi connectivity index (χ2n) is 11.9. The first-order valence-corrected chi connectivity index (χ1v) is 15.6. The molecule has 11 heteroatoms. The van der Waals surface area contributed by atoms with Crippen molar-refractivity contribution in [2.75, 3.05) is 29.1 Å². The Morgan fingerprint density at radius 2 is 1.69 bits per heavy atom. The van der Waals surface area contributed by atoms with Gasteiger partial charge in [0.15, 0.2) is 6.10 Å². The number of sulfonamides is 1. The van der Waals surface area contributed by atoms with Crippen LogP contribution < -0.4 is 9.21 Å². The minimum Gasteiger partial charge on any atom is -0.479 e. The smallest absolute Gasteiger partial charge is 0.337 e. The molecule has 0 spiro atoms. The number of ether oxygens (including phenoxy) is 1. The van der Waals surface area contributed by atoms with Gasteiger partial charge in [-0.05, 0) is 64.3 Å². The number of aryl methyl sites for hydroxylation is 2. The highest BCUT2D eigenvalue weighted by molar-refractivity contribution is 7.92. The van der Waals surface area contributed by atoms with Crippen LogP contribution in [0.4, 0.5) is 17.3 Å². The van der Waals surface area contributed by atoms with E-state index in [2.05, 4.69) is 27.5 Å². The Kier molecular flexibility index (Phi) is 7.31. The van der Waals surface area contributed by atoms with Crippen molar-refractivity contribution >= 4 is 44.2 Å². The lowest BCUT2D eigenvalue weighted by atomic mass is 9.87. The van der Waals surface area contributed by atoms with E-state index in [1.165, 1.54) is 19.4 Å². The average molecular weight is 592 g/mol. The van der Waals surface area contributed by atoms with E-state index in [9.17, 15) is 18.3 Å². The highest BCUT2D eigenvalue weighted by Crippen LogP contribution is 2.49.